The molecule has 2 atom stereocenters. The van der Waals surface area contributed by atoms with Crippen LogP contribution in [0.3, 0.4) is 0 Å². The molecule has 1 fully saturated rings. The molecule has 32 heavy (non-hydrogen) atoms. The lowest BCUT2D eigenvalue weighted by atomic mass is 10.0. The largest absolute Gasteiger partial charge is 0.448 e. The lowest BCUT2D eigenvalue weighted by Gasteiger charge is -2.48. The van der Waals surface area contributed by atoms with E-state index in [0.717, 1.165) is 11.1 Å². The third-order valence-electron chi connectivity index (χ3n) is 5.22. The smallest absolute Gasteiger partial charge is 0.356 e. The van der Waals surface area contributed by atoms with E-state index in [2.05, 4.69) is 15.4 Å². The molecule has 2 aliphatic rings. The number of thioether (sulfide) groups is 2. The van der Waals surface area contributed by atoms with E-state index in [1.807, 2.05) is 60.7 Å². The molecule has 1 saturated heterocycles. The monoisotopic (exact) mass is 465 g/mol. The SMILES string of the molecule is N[C@@H]1C(=O)N2C(C(=O)OC(c3ccccc3)c3ccccc3)=C(Sc3cn[nH]n3)CS[C@H]12. The van der Waals surface area contributed by atoms with Crippen molar-refractivity contribution in [2.45, 2.75) is 22.5 Å². The van der Waals surface area contributed by atoms with Crippen LogP contribution in [0.5, 0.6) is 0 Å². The molecule has 0 unspecified atom stereocenters. The third kappa shape index (κ3) is 3.81. The zero-order valence-corrected chi connectivity index (χ0v) is 18.4. The fourth-order valence-electron chi connectivity index (χ4n) is 3.67. The number of amides is 1. The Balaban J connectivity index is 1.51. The van der Waals surface area contributed by atoms with E-state index in [1.54, 1.807) is 6.20 Å². The summed E-state index contributed by atoms with van der Waals surface area (Å²) in [7, 11) is 0. The van der Waals surface area contributed by atoms with Crippen molar-refractivity contribution >= 4 is 35.4 Å². The van der Waals surface area contributed by atoms with Gasteiger partial charge >= 0.3 is 5.97 Å². The summed E-state index contributed by atoms with van der Waals surface area (Å²) in [4.78, 5) is 28.3. The van der Waals surface area contributed by atoms with Gasteiger partial charge in [0.05, 0.1) is 6.20 Å². The Hall–Kier alpha value is -3.08. The van der Waals surface area contributed by atoms with E-state index in [9.17, 15) is 9.59 Å². The number of aromatic amines is 1. The minimum Gasteiger partial charge on any atom is -0.448 e. The lowest BCUT2D eigenvalue weighted by Crippen LogP contribution is -2.68. The van der Waals surface area contributed by atoms with Crippen LogP contribution in [0.15, 0.2) is 82.5 Å². The number of β-lactam (4-membered cyclic amide) rings is 1. The van der Waals surface area contributed by atoms with Crippen LogP contribution in [0.1, 0.15) is 17.2 Å². The minimum atomic E-state index is -0.625. The second-order valence-electron chi connectivity index (χ2n) is 7.22. The van der Waals surface area contributed by atoms with Gasteiger partial charge in [0.15, 0.2) is 6.10 Å². The maximum Gasteiger partial charge on any atom is 0.356 e. The van der Waals surface area contributed by atoms with Crippen molar-refractivity contribution in [1.29, 1.82) is 0 Å². The number of esters is 1. The molecule has 0 saturated carbocycles. The van der Waals surface area contributed by atoms with Crippen molar-refractivity contribution < 1.29 is 14.3 Å². The summed E-state index contributed by atoms with van der Waals surface area (Å²) in [5, 5.41) is 10.8. The summed E-state index contributed by atoms with van der Waals surface area (Å²) in [5.74, 6) is -0.339. The first-order valence-electron chi connectivity index (χ1n) is 9.91. The van der Waals surface area contributed by atoms with Gasteiger partial charge < -0.3 is 10.5 Å². The average molecular weight is 466 g/mol. The van der Waals surface area contributed by atoms with Crippen LogP contribution in [-0.2, 0) is 14.3 Å². The first kappa shape index (κ1) is 20.8. The van der Waals surface area contributed by atoms with E-state index in [4.69, 9.17) is 10.5 Å². The lowest BCUT2D eigenvalue weighted by molar-refractivity contribution is -0.152. The summed E-state index contributed by atoms with van der Waals surface area (Å²) in [5.41, 5.74) is 7.89. The van der Waals surface area contributed by atoms with Gasteiger partial charge in [0, 0.05) is 10.7 Å². The Morgan fingerprint density at radius 2 is 1.81 bits per heavy atom. The number of rotatable bonds is 6. The molecule has 3 heterocycles. The standard InChI is InChI=1S/C22H19N5O3S2/c23-17-20(28)27-18(15(12-31-21(17)27)32-16-11-24-26-25-16)22(29)30-19(13-7-3-1-4-8-13)14-9-5-2-6-10-14/h1-11,17,19,21H,12,23H2,(H,24,25,26)/t17-,21-/m1/s1. The van der Waals surface area contributed by atoms with Gasteiger partial charge in [0.1, 0.15) is 22.1 Å². The molecule has 0 radical (unpaired) electrons. The Morgan fingerprint density at radius 1 is 1.16 bits per heavy atom. The summed E-state index contributed by atoms with van der Waals surface area (Å²) in [6.45, 7) is 0. The van der Waals surface area contributed by atoms with Crippen LogP contribution in [0.25, 0.3) is 0 Å². The number of hydrogen-bond acceptors (Lipinski definition) is 8. The number of nitrogens with zero attached hydrogens (tertiary/aromatic N) is 3. The number of H-pyrrole nitrogens is 1. The van der Waals surface area contributed by atoms with Gasteiger partial charge in [-0.05, 0) is 11.1 Å². The molecule has 1 aromatic heterocycles. The quantitative estimate of drug-likeness (QED) is 0.422. The highest BCUT2D eigenvalue weighted by atomic mass is 32.2. The number of carbonyl (C=O) groups excluding carboxylic acids is 2. The first-order valence-corrected chi connectivity index (χ1v) is 11.8. The van der Waals surface area contributed by atoms with E-state index in [0.29, 0.717) is 15.7 Å². The molecule has 10 heteroatoms. The van der Waals surface area contributed by atoms with Crippen molar-refractivity contribution in [2.75, 3.05) is 5.75 Å². The maximum absolute atomic E-state index is 13.6. The zero-order chi connectivity index (χ0) is 22.1. The fraction of sp³-hybridized carbons (Fsp3) is 0.182. The molecule has 1 amide bonds. The Morgan fingerprint density at radius 3 is 2.41 bits per heavy atom. The summed E-state index contributed by atoms with van der Waals surface area (Å²) in [6.07, 6.45) is 0.950. The van der Waals surface area contributed by atoms with Crippen LogP contribution in [0, 0.1) is 0 Å². The van der Waals surface area contributed by atoms with Crippen LogP contribution in [0.4, 0.5) is 0 Å². The predicted octanol–water partition coefficient (Wildman–Crippen LogP) is 2.68. The number of carbonyl (C=O) groups is 2. The zero-order valence-electron chi connectivity index (χ0n) is 16.8. The van der Waals surface area contributed by atoms with Crippen molar-refractivity contribution in [1.82, 2.24) is 20.3 Å². The first-order chi connectivity index (χ1) is 15.6. The molecule has 5 rings (SSSR count). The number of hydrogen-bond donors (Lipinski definition) is 2. The Bertz CT molecular complexity index is 1120. The van der Waals surface area contributed by atoms with E-state index in [-0.39, 0.29) is 17.0 Å². The van der Waals surface area contributed by atoms with Gasteiger partial charge in [-0.25, -0.2) is 4.79 Å². The second-order valence-corrected chi connectivity index (χ2v) is 9.44. The highest BCUT2D eigenvalue weighted by Crippen LogP contribution is 2.45. The Kier molecular flexibility index (Phi) is 5.73. The van der Waals surface area contributed by atoms with Gasteiger partial charge in [0.25, 0.3) is 0 Å². The Labute approximate surface area is 192 Å². The van der Waals surface area contributed by atoms with Gasteiger partial charge in [-0.1, -0.05) is 72.4 Å². The summed E-state index contributed by atoms with van der Waals surface area (Å²) >= 11 is 2.81. The summed E-state index contributed by atoms with van der Waals surface area (Å²) in [6, 6.07) is 18.4. The number of aromatic nitrogens is 3. The highest BCUT2D eigenvalue weighted by Gasteiger charge is 2.52. The molecule has 2 aliphatic heterocycles. The molecule has 0 spiro atoms. The number of nitrogens with one attached hydrogen (secondary N) is 1. The third-order valence-corrected chi connectivity index (χ3v) is 7.69. The molecular weight excluding hydrogens is 446 g/mol. The van der Waals surface area contributed by atoms with Crippen molar-refractivity contribution in [3.05, 3.63) is 88.6 Å². The van der Waals surface area contributed by atoms with Gasteiger partial charge in [0.2, 0.25) is 5.91 Å². The average Bonchev–Trinajstić information content (AvgIpc) is 3.36. The topological polar surface area (TPSA) is 114 Å². The number of ether oxygens (including phenoxy) is 1. The summed E-state index contributed by atoms with van der Waals surface area (Å²) < 4.78 is 6.05. The van der Waals surface area contributed by atoms with Crippen LogP contribution >= 0.6 is 23.5 Å². The number of benzene rings is 2. The van der Waals surface area contributed by atoms with Crippen LogP contribution in [0.2, 0.25) is 0 Å². The normalized spacial score (nSPS) is 20.2. The molecule has 8 nitrogen and oxygen atoms in total. The molecule has 162 valence electrons. The molecular formula is C22H19N5O3S2. The number of fused-ring (bicyclic) bond motifs is 1. The van der Waals surface area contributed by atoms with Crippen molar-refractivity contribution in [3.63, 3.8) is 0 Å². The maximum atomic E-state index is 13.6. The molecule has 0 aliphatic carbocycles. The van der Waals surface area contributed by atoms with Gasteiger partial charge in [-0.2, -0.15) is 10.3 Å². The minimum absolute atomic E-state index is 0.227. The van der Waals surface area contributed by atoms with E-state index < -0.39 is 18.1 Å². The fourth-order valence-corrected chi connectivity index (χ4v) is 5.97. The van der Waals surface area contributed by atoms with Gasteiger partial charge in [-0.3, -0.25) is 9.69 Å². The second kappa shape index (κ2) is 8.81. The van der Waals surface area contributed by atoms with Gasteiger partial charge in [-0.15, -0.1) is 16.9 Å². The molecule has 3 aromatic rings. The van der Waals surface area contributed by atoms with E-state index in [1.165, 1.54) is 28.4 Å². The highest BCUT2D eigenvalue weighted by molar-refractivity contribution is 8.06. The molecule has 3 N–H and O–H groups in total. The molecule has 0 bridgehead atoms. The number of nitrogens with two attached hydrogens (primary N) is 1. The predicted molar refractivity (Wildman–Crippen MR) is 121 cm³/mol. The van der Waals surface area contributed by atoms with Crippen LogP contribution < -0.4 is 5.73 Å². The van der Waals surface area contributed by atoms with Crippen LogP contribution in [-0.4, -0.2) is 49.4 Å². The van der Waals surface area contributed by atoms with Crippen molar-refractivity contribution in [2.24, 2.45) is 5.73 Å². The van der Waals surface area contributed by atoms with Crippen molar-refractivity contribution in [3.8, 4) is 0 Å². The van der Waals surface area contributed by atoms with E-state index >= 15 is 0 Å². The molecule has 2 aromatic carbocycles.